The van der Waals surface area contributed by atoms with Gasteiger partial charge in [0.15, 0.2) is 12.4 Å². The quantitative estimate of drug-likeness (QED) is 0.322. The van der Waals surface area contributed by atoms with E-state index in [4.69, 9.17) is 10.6 Å². The van der Waals surface area contributed by atoms with Crippen LogP contribution in [0.2, 0.25) is 0 Å². The van der Waals surface area contributed by atoms with Gasteiger partial charge in [0.1, 0.15) is 5.82 Å². The van der Waals surface area contributed by atoms with E-state index >= 15 is 0 Å². The Morgan fingerprint density at radius 3 is 2.71 bits per heavy atom. The lowest BCUT2D eigenvalue weighted by Gasteiger charge is -2.29. The largest absolute Gasteiger partial charge is 0.384 e. The predicted molar refractivity (Wildman–Crippen MR) is 114 cm³/mol. The van der Waals surface area contributed by atoms with Crippen molar-refractivity contribution in [2.24, 2.45) is 10.9 Å². The van der Waals surface area contributed by atoms with Crippen molar-refractivity contribution in [2.75, 3.05) is 36.2 Å². The molecule has 0 atom stereocenters. The molecule has 2 aromatic rings. The molecule has 28 heavy (non-hydrogen) atoms. The molecule has 1 saturated heterocycles. The average molecular weight is 400 g/mol. The normalized spacial score (nSPS) is 14.6. The summed E-state index contributed by atoms with van der Waals surface area (Å²) >= 11 is 1.65. The number of anilines is 2. The highest BCUT2D eigenvalue weighted by atomic mass is 32.2. The number of nitrogens with one attached hydrogen (secondary N) is 1. The molecule has 148 valence electrons. The molecule has 1 aromatic carbocycles. The summed E-state index contributed by atoms with van der Waals surface area (Å²) in [6.45, 7) is 1.69. The summed E-state index contributed by atoms with van der Waals surface area (Å²) in [5, 5.41) is 6.69. The number of amidine groups is 1. The van der Waals surface area contributed by atoms with E-state index in [9.17, 15) is 4.79 Å². The fraction of sp³-hybridized carbons (Fsp3) is 0.350. The maximum Gasteiger partial charge on any atom is 0.265 e. The molecule has 1 aliphatic rings. The second kappa shape index (κ2) is 9.98. The summed E-state index contributed by atoms with van der Waals surface area (Å²) in [5.41, 5.74) is 7.53. The highest BCUT2D eigenvalue weighted by molar-refractivity contribution is 7.98. The van der Waals surface area contributed by atoms with Crippen LogP contribution in [0.3, 0.4) is 0 Å². The maximum absolute atomic E-state index is 12.0. The van der Waals surface area contributed by atoms with E-state index in [-0.39, 0.29) is 18.3 Å². The van der Waals surface area contributed by atoms with Crippen LogP contribution in [0.1, 0.15) is 24.8 Å². The third-order valence-electron chi connectivity index (χ3n) is 4.45. The number of carbonyl (C=O) groups excluding carboxylic acids is 1. The molecule has 3 N–H and O–H groups in total. The topological polar surface area (TPSA) is 92.8 Å². The Kier molecular flexibility index (Phi) is 7.13. The van der Waals surface area contributed by atoms with Crippen molar-refractivity contribution in [1.29, 1.82) is 0 Å². The molecule has 7 nitrogen and oxygen atoms in total. The number of nitrogens with two attached hydrogens (primary N) is 1. The number of aromatic nitrogens is 1. The van der Waals surface area contributed by atoms with Crippen molar-refractivity contribution in [3.8, 4) is 0 Å². The standard InChI is InChI=1S/C20H25N5O2S/c1-28-16-9-7-15(8-10-16)23-18(26)14-27-24-19(21)17-6-5-11-22-20(17)25-12-3-2-4-13-25/h5-11H,2-4,12-14H2,1H3,(H2,21,24)(H,23,26). The summed E-state index contributed by atoms with van der Waals surface area (Å²) in [7, 11) is 0. The van der Waals surface area contributed by atoms with Gasteiger partial charge < -0.3 is 20.8 Å². The number of pyridine rings is 1. The molecule has 1 amide bonds. The monoisotopic (exact) mass is 399 g/mol. The molecule has 0 unspecified atom stereocenters. The number of carbonyl (C=O) groups is 1. The van der Waals surface area contributed by atoms with Gasteiger partial charge in [0.2, 0.25) is 0 Å². The van der Waals surface area contributed by atoms with Gasteiger partial charge in [-0.1, -0.05) is 5.16 Å². The number of benzene rings is 1. The zero-order valence-electron chi connectivity index (χ0n) is 15.9. The van der Waals surface area contributed by atoms with Gasteiger partial charge in [-0.15, -0.1) is 11.8 Å². The van der Waals surface area contributed by atoms with Crippen LogP contribution < -0.4 is 16.0 Å². The van der Waals surface area contributed by atoms with E-state index in [2.05, 4.69) is 20.4 Å². The zero-order chi connectivity index (χ0) is 19.8. The van der Waals surface area contributed by atoms with Crippen molar-refractivity contribution >= 4 is 35.0 Å². The van der Waals surface area contributed by atoms with E-state index in [1.165, 1.54) is 6.42 Å². The minimum Gasteiger partial charge on any atom is -0.384 e. The fourth-order valence-electron chi connectivity index (χ4n) is 3.04. The Hall–Kier alpha value is -2.74. The molecule has 3 rings (SSSR count). The van der Waals surface area contributed by atoms with Crippen LogP contribution in [0.4, 0.5) is 11.5 Å². The molecule has 2 heterocycles. The molecule has 0 radical (unpaired) electrons. The number of hydrogen-bond donors (Lipinski definition) is 2. The third-order valence-corrected chi connectivity index (χ3v) is 5.19. The first kappa shape index (κ1) is 20.0. The zero-order valence-corrected chi connectivity index (χ0v) is 16.7. The number of amides is 1. The molecule has 0 spiro atoms. The first-order valence-corrected chi connectivity index (χ1v) is 10.5. The Morgan fingerprint density at radius 1 is 1.25 bits per heavy atom. The fourth-order valence-corrected chi connectivity index (χ4v) is 3.44. The second-order valence-corrected chi connectivity index (χ2v) is 7.33. The molecule has 8 heteroatoms. The maximum atomic E-state index is 12.0. The lowest BCUT2D eigenvalue weighted by Crippen LogP contribution is -2.32. The van der Waals surface area contributed by atoms with E-state index in [1.54, 1.807) is 18.0 Å². The number of oxime groups is 1. The number of thioether (sulfide) groups is 1. The molecule has 0 aliphatic carbocycles. The Labute approximate surface area is 169 Å². The van der Waals surface area contributed by atoms with Crippen LogP contribution in [0.25, 0.3) is 0 Å². The van der Waals surface area contributed by atoms with Crippen molar-refractivity contribution in [3.63, 3.8) is 0 Å². The van der Waals surface area contributed by atoms with E-state index in [0.717, 1.165) is 42.2 Å². The van der Waals surface area contributed by atoms with Gasteiger partial charge in [-0.25, -0.2) is 4.98 Å². The van der Waals surface area contributed by atoms with Gasteiger partial charge in [-0.05, 0) is 61.9 Å². The average Bonchev–Trinajstić information content (AvgIpc) is 2.75. The smallest absolute Gasteiger partial charge is 0.265 e. The number of nitrogens with zero attached hydrogens (tertiary/aromatic N) is 3. The third kappa shape index (κ3) is 5.39. The Bertz CT molecular complexity index is 820. The Morgan fingerprint density at radius 2 is 2.00 bits per heavy atom. The van der Waals surface area contributed by atoms with Gasteiger partial charge in [0, 0.05) is 29.9 Å². The summed E-state index contributed by atoms with van der Waals surface area (Å²) < 4.78 is 0. The molecule has 0 saturated carbocycles. The lowest BCUT2D eigenvalue weighted by atomic mass is 10.1. The van der Waals surface area contributed by atoms with Crippen LogP contribution in [0.5, 0.6) is 0 Å². The van der Waals surface area contributed by atoms with Crippen LogP contribution in [0, 0.1) is 0 Å². The van der Waals surface area contributed by atoms with Gasteiger partial charge in [-0.3, -0.25) is 4.79 Å². The number of piperidine rings is 1. The summed E-state index contributed by atoms with van der Waals surface area (Å²) in [6.07, 6.45) is 7.27. The van der Waals surface area contributed by atoms with Crippen molar-refractivity contribution in [3.05, 3.63) is 48.2 Å². The lowest BCUT2D eigenvalue weighted by molar-refractivity contribution is -0.120. The van der Waals surface area contributed by atoms with Crippen LogP contribution in [-0.4, -0.2) is 42.7 Å². The molecular weight excluding hydrogens is 374 g/mol. The number of hydrogen-bond acceptors (Lipinski definition) is 6. The van der Waals surface area contributed by atoms with Crippen LogP contribution >= 0.6 is 11.8 Å². The van der Waals surface area contributed by atoms with Crippen molar-refractivity contribution in [1.82, 2.24) is 4.98 Å². The Balaban J connectivity index is 1.57. The molecule has 1 aromatic heterocycles. The first-order valence-electron chi connectivity index (χ1n) is 9.27. The highest BCUT2D eigenvalue weighted by Crippen LogP contribution is 2.21. The second-order valence-electron chi connectivity index (χ2n) is 6.45. The first-order chi connectivity index (χ1) is 13.7. The summed E-state index contributed by atoms with van der Waals surface area (Å²) in [4.78, 5) is 25.0. The number of rotatable bonds is 7. The van der Waals surface area contributed by atoms with Gasteiger partial charge >= 0.3 is 0 Å². The molecular formula is C20H25N5O2S. The highest BCUT2D eigenvalue weighted by Gasteiger charge is 2.17. The van der Waals surface area contributed by atoms with Crippen LogP contribution in [-0.2, 0) is 9.63 Å². The summed E-state index contributed by atoms with van der Waals surface area (Å²) in [6, 6.07) is 11.3. The minimum absolute atomic E-state index is 0.214. The molecule has 1 fully saturated rings. The summed E-state index contributed by atoms with van der Waals surface area (Å²) in [5.74, 6) is 0.729. The SMILES string of the molecule is CSc1ccc(NC(=O)CO/N=C(/N)c2cccnc2N2CCCCC2)cc1. The van der Waals surface area contributed by atoms with Gasteiger partial charge in [0.25, 0.3) is 5.91 Å². The van der Waals surface area contributed by atoms with E-state index in [1.807, 2.05) is 42.7 Å². The van der Waals surface area contributed by atoms with E-state index < -0.39 is 0 Å². The predicted octanol–water partition coefficient (Wildman–Crippen LogP) is 3.07. The minimum atomic E-state index is -0.295. The van der Waals surface area contributed by atoms with Crippen LogP contribution in [0.15, 0.2) is 52.6 Å². The van der Waals surface area contributed by atoms with E-state index in [0.29, 0.717) is 5.69 Å². The van der Waals surface area contributed by atoms with Gasteiger partial charge in [0.05, 0.1) is 5.56 Å². The molecule has 0 bridgehead atoms. The van der Waals surface area contributed by atoms with Gasteiger partial charge in [-0.2, -0.15) is 0 Å². The van der Waals surface area contributed by atoms with Crippen molar-refractivity contribution < 1.29 is 9.63 Å². The van der Waals surface area contributed by atoms with Crippen molar-refractivity contribution in [2.45, 2.75) is 24.2 Å². The molecule has 1 aliphatic heterocycles.